The van der Waals surface area contributed by atoms with Gasteiger partial charge in [-0.3, -0.25) is 0 Å². The van der Waals surface area contributed by atoms with E-state index in [9.17, 15) is 0 Å². The lowest BCUT2D eigenvalue weighted by Crippen LogP contribution is -2.39. The van der Waals surface area contributed by atoms with Gasteiger partial charge in [0.2, 0.25) is 0 Å². The number of hydrogen-bond donors (Lipinski definition) is 2. The molecule has 1 saturated carbocycles. The molecule has 0 aromatic rings. The van der Waals surface area contributed by atoms with E-state index in [-0.39, 0.29) is 6.04 Å². The van der Waals surface area contributed by atoms with E-state index < -0.39 is 0 Å². The number of rotatable bonds is 3. The summed E-state index contributed by atoms with van der Waals surface area (Å²) in [5.41, 5.74) is 6.49. The molecule has 0 amide bonds. The number of nitrogens with one attached hydrogen (secondary N) is 1. The average molecular weight is 212 g/mol. The summed E-state index contributed by atoms with van der Waals surface area (Å²) in [6.45, 7) is 7.33. The summed E-state index contributed by atoms with van der Waals surface area (Å²) in [6, 6.07) is 0.944. The highest BCUT2D eigenvalue weighted by Gasteiger charge is 2.32. The summed E-state index contributed by atoms with van der Waals surface area (Å²) in [6.07, 6.45) is 3.96. The Morgan fingerprint density at radius 1 is 1.40 bits per heavy atom. The molecule has 2 aliphatic rings. The van der Waals surface area contributed by atoms with E-state index in [0.29, 0.717) is 17.4 Å². The summed E-state index contributed by atoms with van der Waals surface area (Å²) in [5.74, 6) is 0.522. The first-order valence-corrected chi connectivity index (χ1v) is 6.13. The van der Waals surface area contributed by atoms with E-state index in [1.165, 1.54) is 19.3 Å². The summed E-state index contributed by atoms with van der Waals surface area (Å²) >= 11 is 0. The molecular formula is C12H24N2O. The SMILES string of the molecule is CC1(C)CCC(NCC2COCC2N)C1. The van der Waals surface area contributed by atoms with Crippen LogP contribution in [0, 0.1) is 11.3 Å². The third kappa shape index (κ3) is 2.92. The Morgan fingerprint density at radius 3 is 2.73 bits per heavy atom. The fourth-order valence-corrected chi connectivity index (χ4v) is 2.75. The van der Waals surface area contributed by atoms with Crippen molar-refractivity contribution in [1.29, 1.82) is 0 Å². The van der Waals surface area contributed by atoms with Crippen molar-refractivity contribution in [3.63, 3.8) is 0 Å². The van der Waals surface area contributed by atoms with Crippen LogP contribution in [0.4, 0.5) is 0 Å². The Kier molecular flexibility index (Phi) is 3.33. The van der Waals surface area contributed by atoms with Gasteiger partial charge in [-0.1, -0.05) is 13.8 Å². The summed E-state index contributed by atoms with van der Waals surface area (Å²) in [4.78, 5) is 0. The van der Waals surface area contributed by atoms with Gasteiger partial charge in [-0.15, -0.1) is 0 Å². The molecule has 2 rings (SSSR count). The lowest BCUT2D eigenvalue weighted by molar-refractivity contribution is 0.183. The molecule has 3 nitrogen and oxygen atoms in total. The van der Waals surface area contributed by atoms with Crippen molar-refractivity contribution in [1.82, 2.24) is 5.32 Å². The second-order valence-electron chi connectivity index (χ2n) is 5.97. The van der Waals surface area contributed by atoms with E-state index in [2.05, 4.69) is 19.2 Å². The Labute approximate surface area is 92.7 Å². The van der Waals surface area contributed by atoms with Crippen molar-refractivity contribution < 1.29 is 4.74 Å². The molecular weight excluding hydrogens is 188 g/mol. The molecule has 0 spiro atoms. The first-order valence-electron chi connectivity index (χ1n) is 6.13. The highest BCUT2D eigenvalue weighted by molar-refractivity contribution is 4.88. The van der Waals surface area contributed by atoms with Gasteiger partial charge >= 0.3 is 0 Å². The normalized spacial score (nSPS) is 39.8. The van der Waals surface area contributed by atoms with E-state index in [0.717, 1.165) is 19.8 Å². The number of nitrogens with two attached hydrogens (primary N) is 1. The largest absolute Gasteiger partial charge is 0.379 e. The van der Waals surface area contributed by atoms with Crippen molar-refractivity contribution >= 4 is 0 Å². The van der Waals surface area contributed by atoms with Crippen LogP contribution in [0.5, 0.6) is 0 Å². The maximum atomic E-state index is 5.95. The number of hydrogen-bond acceptors (Lipinski definition) is 3. The third-order valence-electron chi connectivity index (χ3n) is 3.89. The Bertz CT molecular complexity index is 218. The monoisotopic (exact) mass is 212 g/mol. The Morgan fingerprint density at radius 2 is 2.20 bits per heavy atom. The highest BCUT2D eigenvalue weighted by Crippen LogP contribution is 2.36. The zero-order chi connectivity index (χ0) is 10.9. The molecule has 2 fully saturated rings. The summed E-state index contributed by atoms with van der Waals surface area (Å²) < 4.78 is 5.36. The molecule has 3 heteroatoms. The zero-order valence-electron chi connectivity index (χ0n) is 9.96. The van der Waals surface area contributed by atoms with Crippen molar-refractivity contribution in [2.24, 2.45) is 17.1 Å². The van der Waals surface area contributed by atoms with Crippen molar-refractivity contribution in [3.8, 4) is 0 Å². The summed E-state index contributed by atoms with van der Waals surface area (Å²) in [7, 11) is 0. The topological polar surface area (TPSA) is 47.3 Å². The smallest absolute Gasteiger partial charge is 0.0621 e. The van der Waals surface area contributed by atoms with Gasteiger partial charge in [0.05, 0.1) is 13.2 Å². The van der Waals surface area contributed by atoms with Crippen LogP contribution < -0.4 is 11.1 Å². The predicted octanol–water partition coefficient (Wildman–Crippen LogP) is 1.13. The van der Waals surface area contributed by atoms with Gasteiger partial charge in [0.1, 0.15) is 0 Å². The molecule has 0 radical (unpaired) electrons. The molecule has 0 aromatic carbocycles. The Balaban J connectivity index is 1.70. The van der Waals surface area contributed by atoms with Crippen LogP contribution in [0.15, 0.2) is 0 Å². The van der Waals surface area contributed by atoms with Gasteiger partial charge in [0, 0.05) is 24.5 Å². The minimum absolute atomic E-state index is 0.243. The van der Waals surface area contributed by atoms with Gasteiger partial charge in [-0.25, -0.2) is 0 Å². The molecule has 0 aromatic heterocycles. The fourth-order valence-electron chi connectivity index (χ4n) is 2.75. The molecule has 88 valence electrons. The van der Waals surface area contributed by atoms with Crippen LogP contribution in [-0.4, -0.2) is 31.8 Å². The molecule has 3 unspecified atom stereocenters. The van der Waals surface area contributed by atoms with Crippen molar-refractivity contribution in [3.05, 3.63) is 0 Å². The van der Waals surface area contributed by atoms with Gasteiger partial charge in [-0.05, 0) is 24.7 Å². The number of ether oxygens (including phenoxy) is 1. The lowest BCUT2D eigenvalue weighted by Gasteiger charge is -2.20. The van der Waals surface area contributed by atoms with Crippen LogP contribution in [0.3, 0.4) is 0 Å². The second kappa shape index (κ2) is 4.40. The molecule has 1 aliphatic heterocycles. The first-order chi connectivity index (χ1) is 7.07. The van der Waals surface area contributed by atoms with Gasteiger partial charge in [-0.2, -0.15) is 0 Å². The molecule has 3 N–H and O–H groups in total. The minimum atomic E-state index is 0.243. The van der Waals surface area contributed by atoms with Gasteiger partial charge in [0.15, 0.2) is 0 Å². The molecule has 3 atom stereocenters. The van der Waals surface area contributed by atoms with E-state index >= 15 is 0 Å². The molecule has 1 aliphatic carbocycles. The van der Waals surface area contributed by atoms with E-state index in [1.54, 1.807) is 0 Å². The van der Waals surface area contributed by atoms with Crippen LogP contribution in [0.1, 0.15) is 33.1 Å². The quantitative estimate of drug-likeness (QED) is 0.737. The maximum absolute atomic E-state index is 5.95. The van der Waals surface area contributed by atoms with E-state index in [4.69, 9.17) is 10.5 Å². The fraction of sp³-hybridized carbons (Fsp3) is 1.00. The zero-order valence-corrected chi connectivity index (χ0v) is 9.96. The molecule has 15 heavy (non-hydrogen) atoms. The maximum Gasteiger partial charge on any atom is 0.0621 e. The van der Waals surface area contributed by atoms with Crippen molar-refractivity contribution in [2.75, 3.05) is 19.8 Å². The van der Waals surface area contributed by atoms with Gasteiger partial charge < -0.3 is 15.8 Å². The predicted molar refractivity (Wildman–Crippen MR) is 61.7 cm³/mol. The van der Waals surface area contributed by atoms with Crippen LogP contribution in [0.2, 0.25) is 0 Å². The van der Waals surface area contributed by atoms with Gasteiger partial charge in [0.25, 0.3) is 0 Å². The average Bonchev–Trinajstić information content (AvgIpc) is 2.69. The van der Waals surface area contributed by atoms with Crippen molar-refractivity contribution in [2.45, 2.75) is 45.2 Å². The molecule has 1 heterocycles. The van der Waals surface area contributed by atoms with Crippen LogP contribution in [-0.2, 0) is 4.74 Å². The molecule has 0 bridgehead atoms. The van der Waals surface area contributed by atoms with Crippen LogP contribution in [0.25, 0.3) is 0 Å². The van der Waals surface area contributed by atoms with Crippen LogP contribution >= 0.6 is 0 Å². The Hall–Kier alpha value is -0.120. The second-order valence-corrected chi connectivity index (χ2v) is 5.97. The van der Waals surface area contributed by atoms with E-state index in [1.807, 2.05) is 0 Å². The lowest BCUT2D eigenvalue weighted by atomic mass is 9.92. The highest BCUT2D eigenvalue weighted by atomic mass is 16.5. The molecule has 1 saturated heterocycles. The third-order valence-corrected chi connectivity index (χ3v) is 3.89. The standard InChI is InChI=1S/C12H24N2O/c1-12(2)4-3-10(5-12)14-6-9-7-15-8-11(9)13/h9-11,14H,3-8,13H2,1-2H3. The summed E-state index contributed by atoms with van der Waals surface area (Å²) in [5, 5.41) is 3.65. The minimum Gasteiger partial charge on any atom is -0.379 e. The first kappa shape index (κ1) is 11.4.